The van der Waals surface area contributed by atoms with Crippen molar-refractivity contribution < 1.29 is 19.0 Å². The molecule has 5 nitrogen and oxygen atoms in total. The summed E-state index contributed by atoms with van der Waals surface area (Å²) in [5, 5.41) is 3.01. The van der Waals surface area contributed by atoms with Gasteiger partial charge in [0.1, 0.15) is 19.0 Å². The molecule has 126 valence electrons. The van der Waals surface area contributed by atoms with Gasteiger partial charge >= 0.3 is 0 Å². The maximum Gasteiger partial charge on any atom is 0.224 e. The van der Waals surface area contributed by atoms with Crippen LogP contribution in [0.2, 0.25) is 0 Å². The predicted molar refractivity (Wildman–Crippen MR) is 90.7 cm³/mol. The molecule has 0 saturated carbocycles. The molecule has 0 radical (unpaired) electrons. The van der Waals surface area contributed by atoms with Gasteiger partial charge in [0.2, 0.25) is 5.91 Å². The first-order valence-electron chi connectivity index (χ1n) is 7.98. The van der Waals surface area contributed by atoms with E-state index < -0.39 is 0 Å². The monoisotopic (exact) mass is 327 g/mol. The van der Waals surface area contributed by atoms with Crippen molar-refractivity contribution in [1.29, 1.82) is 0 Å². The van der Waals surface area contributed by atoms with Crippen LogP contribution >= 0.6 is 0 Å². The zero-order valence-corrected chi connectivity index (χ0v) is 13.9. The number of ether oxygens (including phenoxy) is 3. The minimum absolute atomic E-state index is 0.0508. The van der Waals surface area contributed by atoms with Gasteiger partial charge in [-0.2, -0.15) is 0 Å². The Morgan fingerprint density at radius 2 is 1.92 bits per heavy atom. The van der Waals surface area contributed by atoms with Crippen molar-refractivity contribution in [2.45, 2.75) is 19.4 Å². The lowest BCUT2D eigenvalue weighted by Gasteiger charge is -2.19. The molecule has 3 rings (SSSR count). The van der Waals surface area contributed by atoms with Crippen LogP contribution in [0.4, 0.5) is 0 Å². The molecule has 0 spiro atoms. The Balaban J connectivity index is 1.65. The quantitative estimate of drug-likeness (QED) is 0.917. The number of rotatable bonds is 5. The zero-order chi connectivity index (χ0) is 16.9. The summed E-state index contributed by atoms with van der Waals surface area (Å²) in [6.45, 7) is 3.04. The van der Waals surface area contributed by atoms with Gasteiger partial charge < -0.3 is 19.5 Å². The first kappa shape index (κ1) is 16.2. The van der Waals surface area contributed by atoms with Crippen molar-refractivity contribution in [2.24, 2.45) is 0 Å². The third-order valence-corrected chi connectivity index (χ3v) is 3.95. The number of benzene rings is 2. The van der Waals surface area contributed by atoms with E-state index in [9.17, 15) is 4.79 Å². The van der Waals surface area contributed by atoms with Gasteiger partial charge in [-0.25, -0.2) is 0 Å². The summed E-state index contributed by atoms with van der Waals surface area (Å²) in [5.41, 5.74) is 1.85. The van der Waals surface area contributed by atoms with Crippen LogP contribution in [0.1, 0.15) is 24.1 Å². The molecular weight excluding hydrogens is 306 g/mol. The number of hydrogen-bond donors (Lipinski definition) is 1. The molecule has 1 aliphatic heterocycles. The highest BCUT2D eigenvalue weighted by Gasteiger charge is 2.16. The van der Waals surface area contributed by atoms with E-state index in [4.69, 9.17) is 14.2 Å². The van der Waals surface area contributed by atoms with E-state index >= 15 is 0 Å². The SMILES string of the molecule is COc1ccccc1[C@@H](C)NC(=O)Cc1ccc2c(c1)OCCO2. The Hall–Kier alpha value is -2.69. The van der Waals surface area contributed by atoms with Crippen LogP contribution in [0.3, 0.4) is 0 Å². The van der Waals surface area contributed by atoms with E-state index in [1.165, 1.54) is 0 Å². The van der Waals surface area contributed by atoms with Crippen LogP contribution in [0.5, 0.6) is 17.2 Å². The molecule has 24 heavy (non-hydrogen) atoms. The number of amides is 1. The predicted octanol–water partition coefficient (Wildman–Crippen LogP) is 2.89. The lowest BCUT2D eigenvalue weighted by molar-refractivity contribution is -0.121. The summed E-state index contributed by atoms with van der Waals surface area (Å²) >= 11 is 0. The summed E-state index contributed by atoms with van der Waals surface area (Å²) in [5.74, 6) is 2.15. The molecule has 5 heteroatoms. The highest BCUT2D eigenvalue weighted by molar-refractivity contribution is 5.79. The lowest BCUT2D eigenvalue weighted by atomic mass is 10.1. The highest BCUT2D eigenvalue weighted by Crippen LogP contribution is 2.31. The molecule has 1 N–H and O–H groups in total. The van der Waals surface area contributed by atoms with Gasteiger partial charge in [0.15, 0.2) is 11.5 Å². The molecule has 1 amide bonds. The van der Waals surface area contributed by atoms with Crippen molar-refractivity contribution >= 4 is 5.91 Å². The topological polar surface area (TPSA) is 56.8 Å². The van der Waals surface area contributed by atoms with Crippen LogP contribution in [-0.4, -0.2) is 26.2 Å². The molecule has 0 aliphatic carbocycles. The fourth-order valence-corrected chi connectivity index (χ4v) is 2.78. The summed E-state index contributed by atoms with van der Waals surface area (Å²) < 4.78 is 16.4. The van der Waals surface area contributed by atoms with Gasteiger partial charge in [-0.15, -0.1) is 0 Å². The van der Waals surface area contributed by atoms with Gasteiger partial charge in [0.05, 0.1) is 19.6 Å². The van der Waals surface area contributed by atoms with Crippen molar-refractivity contribution in [3.8, 4) is 17.2 Å². The second-order valence-electron chi connectivity index (χ2n) is 5.69. The molecule has 2 aromatic rings. The summed E-state index contributed by atoms with van der Waals surface area (Å²) in [6.07, 6.45) is 0.288. The second kappa shape index (κ2) is 7.25. The molecule has 0 unspecified atom stereocenters. The Morgan fingerprint density at radius 3 is 2.71 bits per heavy atom. The number of carbonyl (C=O) groups excluding carboxylic acids is 1. The van der Waals surface area contributed by atoms with Crippen molar-refractivity contribution in [3.63, 3.8) is 0 Å². The van der Waals surface area contributed by atoms with Crippen molar-refractivity contribution in [1.82, 2.24) is 5.32 Å². The van der Waals surface area contributed by atoms with Crippen LogP contribution < -0.4 is 19.5 Å². The number of hydrogen-bond acceptors (Lipinski definition) is 4. The molecule has 0 fully saturated rings. The number of methoxy groups -OCH3 is 1. The highest BCUT2D eigenvalue weighted by atomic mass is 16.6. The zero-order valence-electron chi connectivity index (χ0n) is 13.9. The lowest BCUT2D eigenvalue weighted by Crippen LogP contribution is -2.28. The van der Waals surface area contributed by atoms with Gasteiger partial charge in [-0.3, -0.25) is 4.79 Å². The Kier molecular flexibility index (Phi) is 4.89. The molecule has 0 bridgehead atoms. The third-order valence-electron chi connectivity index (χ3n) is 3.95. The van der Waals surface area contributed by atoms with E-state index in [1.54, 1.807) is 7.11 Å². The first-order chi connectivity index (χ1) is 11.7. The van der Waals surface area contributed by atoms with Crippen LogP contribution in [0.15, 0.2) is 42.5 Å². The Labute approximate surface area is 141 Å². The number of nitrogens with one attached hydrogen (secondary N) is 1. The minimum Gasteiger partial charge on any atom is -0.496 e. The molecule has 0 aromatic heterocycles. The van der Waals surface area contributed by atoms with Crippen LogP contribution in [0, 0.1) is 0 Å². The molecular formula is C19H21NO4. The largest absolute Gasteiger partial charge is 0.496 e. The smallest absolute Gasteiger partial charge is 0.224 e. The fraction of sp³-hybridized carbons (Fsp3) is 0.316. The van der Waals surface area contributed by atoms with Gasteiger partial charge in [-0.1, -0.05) is 24.3 Å². The van der Waals surface area contributed by atoms with Crippen LogP contribution in [0.25, 0.3) is 0 Å². The summed E-state index contributed by atoms with van der Waals surface area (Å²) in [7, 11) is 1.63. The number of carbonyl (C=O) groups is 1. The molecule has 0 saturated heterocycles. The maximum atomic E-state index is 12.3. The van der Waals surface area contributed by atoms with Crippen molar-refractivity contribution in [2.75, 3.05) is 20.3 Å². The van der Waals surface area contributed by atoms with Crippen LogP contribution in [-0.2, 0) is 11.2 Å². The summed E-state index contributed by atoms with van der Waals surface area (Å²) in [6, 6.07) is 13.1. The van der Waals surface area contributed by atoms with Gasteiger partial charge in [-0.05, 0) is 30.7 Å². The number of fused-ring (bicyclic) bond motifs is 1. The normalized spacial score (nSPS) is 13.9. The molecule has 1 heterocycles. The summed E-state index contributed by atoms with van der Waals surface area (Å²) in [4.78, 5) is 12.3. The molecule has 1 aliphatic rings. The standard InChI is InChI=1S/C19H21NO4/c1-13(15-5-3-4-6-16(15)22-2)20-19(21)12-14-7-8-17-18(11-14)24-10-9-23-17/h3-8,11,13H,9-10,12H2,1-2H3,(H,20,21)/t13-/m1/s1. The molecule has 2 aromatic carbocycles. The van der Waals surface area contributed by atoms with Gasteiger partial charge in [0.25, 0.3) is 0 Å². The maximum absolute atomic E-state index is 12.3. The minimum atomic E-state index is -0.133. The average Bonchev–Trinajstić information content (AvgIpc) is 2.61. The second-order valence-corrected chi connectivity index (χ2v) is 5.69. The van der Waals surface area contributed by atoms with E-state index in [-0.39, 0.29) is 18.4 Å². The fourth-order valence-electron chi connectivity index (χ4n) is 2.78. The van der Waals surface area contributed by atoms with E-state index in [0.29, 0.717) is 19.0 Å². The molecule has 1 atom stereocenters. The van der Waals surface area contributed by atoms with E-state index in [1.807, 2.05) is 49.4 Å². The first-order valence-corrected chi connectivity index (χ1v) is 7.98. The Morgan fingerprint density at radius 1 is 1.17 bits per heavy atom. The number of para-hydroxylation sites is 1. The van der Waals surface area contributed by atoms with Gasteiger partial charge in [0, 0.05) is 5.56 Å². The van der Waals surface area contributed by atoms with Crippen molar-refractivity contribution in [3.05, 3.63) is 53.6 Å². The van der Waals surface area contributed by atoms with E-state index in [2.05, 4.69) is 5.32 Å². The van der Waals surface area contributed by atoms with E-state index in [0.717, 1.165) is 22.6 Å². The Bertz CT molecular complexity index is 729. The average molecular weight is 327 g/mol. The third kappa shape index (κ3) is 3.62.